The number of hydrogen-bond donors (Lipinski definition) is 1. The summed E-state index contributed by atoms with van der Waals surface area (Å²) in [6, 6.07) is 4.33. The summed E-state index contributed by atoms with van der Waals surface area (Å²) in [4.78, 5) is 30.8. The van der Waals surface area contributed by atoms with Gasteiger partial charge in [-0.3, -0.25) is 4.79 Å². The topological polar surface area (TPSA) is 106 Å². The molecular weight excluding hydrogens is 462 g/mol. The van der Waals surface area contributed by atoms with E-state index in [0.29, 0.717) is 21.4 Å². The molecular formula is C20H20ClN3O5S2. The van der Waals surface area contributed by atoms with Gasteiger partial charge in [-0.05, 0) is 39.0 Å². The van der Waals surface area contributed by atoms with Crippen LogP contribution in [-0.2, 0) is 19.6 Å². The minimum atomic E-state index is -3.97. The third-order valence-corrected chi connectivity index (χ3v) is 7.58. The maximum atomic E-state index is 12.4. The number of halogens is 1. The second-order valence-corrected chi connectivity index (χ2v) is 10.8. The Morgan fingerprint density at radius 3 is 2.61 bits per heavy atom. The maximum Gasteiger partial charge on any atom is 0.340 e. The van der Waals surface area contributed by atoms with Gasteiger partial charge in [0.25, 0.3) is 10.0 Å². The number of pyridine rings is 1. The van der Waals surface area contributed by atoms with Crippen molar-refractivity contribution in [3.63, 3.8) is 0 Å². The Balaban J connectivity index is 1.70. The number of thiophene rings is 1. The monoisotopic (exact) mass is 481 g/mol. The number of sulfonamides is 1. The number of nitrogens with zero attached hydrogens (tertiary/aromatic N) is 2. The molecule has 0 saturated carbocycles. The fourth-order valence-electron chi connectivity index (χ4n) is 2.95. The lowest BCUT2D eigenvalue weighted by Crippen LogP contribution is -2.55. The Bertz CT molecular complexity index is 1180. The fraction of sp³-hybridized carbons (Fsp3) is 0.350. The second kappa shape index (κ2) is 8.86. The molecule has 1 aliphatic rings. The Morgan fingerprint density at radius 2 is 2.06 bits per heavy atom. The van der Waals surface area contributed by atoms with Crippen LogP contribution in [-0.4, -0.2) is 44.5 Å². The molecule has 31 heavy (non-hydrogen) atoms. The summed E-state index contributed by atoms with van der Waals surface area (Å²) in [6.07, 6.45) is 5.31. The highest BCUT2D eigenvalue weighted by Crippen LogP contribution is 2.29. The fourth-order valence-corrected chi connectivity index (χ4v) is 5.48. The van der Waals surface area contributed by atoms with Crippen LogP contribution in [0.5, 0.6) is 0 Å². The van der Waals surface area contributed by atoms with E-state index in [-0.39, 0.29) is 29.0 Å². The molecule has 1 N–H and O–H groups in total. The molecule has 2 aromatic rings. The summed E-state index contributed by atoms with van der Waals surface area (Å²) in [5, 5.41) is 0. The van der Waals surface area contributed by atoms with E-state index in [1.807, 2.05) is 0 Å². The van der Waals surface area contributed by atoms with E-state index in [9.17, 15) is 18.0 Å². The van der Waals surface area contributed by atoms with Crippen LogP contribution >= 0.6 is 22.9 Å². The quantitative estimate of drug-likeness (QED) is 0.499. The molecule has 0 aromatic carbocycles. The van der Waals surface area contributed by atoms with Gasteiger partial charge in [-0.15, -0.1) is 17.8 Å². The average molecular weight is 482 g/mol. The first-order chi connectivity index (χ1) is 14.5. The largest absolute Gasteiger partial charge is 0.459 e. The van der Waals surface area contributed by atoms with Crippen LogP contribution in [0.4, 0.5) is 5.82 Å². The number of anilines is 1. The first-order valence-corrected chi connectivity index (χ1v) is 12.0. The number of esters is 1. The lowest BCUT2D eigenvalue weighted by Gasteiger charge is -2.39. The van der Waals surface area contributed by atoms with Crippen LogP contribution in [0, 0.1) is 25.2 Å². The molecule has 0 atom stereocenters. The molecule has 8 nitrogen and oxygen atoms in total. The Kier molecular flexibility index (Phi) is 6.59. The van der Waals surface area contributed by atoms with E-state index in [0.717, 1.165) is 11.3 Å². The van der Waals surface area contributed by atoms with E-state index >= 15 is 0 Å². The van der Waals surface area contributed by atoms with Crippen molar-refractivity contribution in [1.82, 2.24) is 9.71 Å². The lowest BCUT2D eigenvalue weighted by atomic mass is 9.98. The number of ether oxygens (including phenoxy) is 1. The van der Waals surface area contributed by atoms with Gasteiger partial charge in [0.05, 0.1) is 33.2 Å². The zero-order valence-corrected chi connectivity index (χ0v) is 19.4. The summed E-state index contributed by atoms with van der Waals surface area (Å²) < 4.78 is 32.2. The third-order valence-electron chi connectivity index (χ3n) is 4.51. The van der Waals surface area contributed by atoms with E-state index in [1.165, 1.54) is 12.1 Å². The van der Waals surface area contributed by atoms with Gasteiger partial charge in [0, 0.05) is 13.1 Å². The standard InChI is InChI=1S/C20H20ClN3O5S2/c1-5-13-8-15(20(26)29-11(2)3)12(4)22-18(13)24-9-14(10-24)19(25)23-31(27,28)17-7-6-16(21)30-17/h1,6-8,11,14H,9-10H2,2-4H3,(H,23,25). The van der Waals surface area contributed by atoms with Crippen molar-refractivity contribution in [3.05, 3.63) is 39.4 Å². The first-order valence-electron chi connectivity index (χ1n) is 9.28. The zero-order valence-electron chi connectivity index (χ0n) is 17.0. The molecule has 1 fully saturated rings. The lowest BCUT2D eigenvalue weighted by molar-refractivity contribution is -0.123. The highest BCUT2D eigenvalue weighted by molar-refractivity contribution is 7.92. The van der Waals surface area contributed by atoms with Crippen molar-refractivity contribution in [2.45, 2.75) is 31.1 Å². The van der Waals surface area contributed by atoms with Crippen molar-refractivity contribution in [3.8, 4) is 12.3 Å². The van der Waals surface area contributed by atoms with E-state index in [4.69, 9.17) is 22.8 Å². The molecule has 0 bridgehead atoms. The number of aryl methyl sites for hydroxylation is 1. The third kappa shape index (κ3) is 5.01. The molecule has 0 radical (unpaired) electrons. The number of carbonyl (C=O) groups is 2. The number of amides is 1. The molecule has 11 heteroatoms. The second-order valence-electron chi connectivity index (χ2n) is 7.22. The Labute approximate surface area is 189 Å². The maximum absolute atomic E-state index is 12.4. The Hall–Kier alpha value is -2.61. The summed E-state index contributed by atoms with van der Waals surface area (Å²) in [6.45, 7) is 5.64. The van der Waals surface area contributed by atoms with Crippen LogP contribution in [0.15, 0.2) is 22.4 Å². The number of rotatable bonds is 6. The van der Waals surface area contributed by atoms with Crippen molar-refractivity contribution < 1.29 is 22.7 Å². The van der Waals surface area contributed by atoms with Crippen molar-refractivity contribution in [1.29, 1.82) is 0 Å². The highest BCUT2D eigenvalue weighted by Gasteiger charge is 2.37. The van der Waals surface area contributed by atoms with Crippen LogP contribution in [0.25, 0.3) is 0 Å². The van der Waals surface area contributed by atoms with Crippen molar-refractivity contribution >= 4 is 50.7 Å². The van der Waals surface area contributed by atoms with Gasteiger partial charge in [0.1, 0.15) is 10.0 Å². The van der Waals surface area contributed by atoms with Gasteiger partial charge < -0.3 is 9.64 Å². The first kappa shape index (κ1) is 23.1. The molecule has 0 unspecified atom stereocenters. The smallest absolute Gasteiger partial charge is 0.340 e. The van der Waals surface area contributed by atoms with Gasteiger partial charge in [-0.25, -0.2) is 22.9 Å². The van der Waals surface area contributed by atoms with Crippen molar-refractivity contribution in [2.75, 3.05) is 18.0 Å². The van der Waals surface area contributed by atoms with Gasteiger partial charge in [0.2, 0.25) is 5.91 Å². The molecule has 3 rings (SSSR count). The summed E-state index contributed by atoms with van der Waals surface area (Å²) in [5.74, 6) is 1.29. The number of aromatic nitrogens is 1. The van der Waals surface area contributed by atoms with Crippen LogP contribution in [0.2, 0.25) is 4.34 Å². The van der Waals surface area contributed by atoms with Gasteiger partial charge in [-0.1, -0.05) is 17.5 Å². The van der Waals surface area contributed by atoms with Gasteiger partial charge >= 0.3 is 5.97 Å². The number of hydrogen-bond acceptors (Lipinski definition) is 8. The molecule has 164 valence electrons. The molecule has 1 aliphatic heterocycles. The number of nitrogens with one attached hydrogen (secondary N) is 1. The molecule has 1 saturated heterocycles. The number of terminal acetylenes is 1. The normalized spacial score (nSPS) is 14.1. The predicted octanol–water partition coefficient (Wildman–Crippen LogP) is 2.59. The predicted molar refractivity (Wildman–Crippen MR) is 118 cm³/mol. The van der Waals surface area contributed by atoms with Gasteiger partial charge in [0.15, 0.2) is 0 Å². The average Bonchev–Trinajstić information content (AvgIpc) is 3.07. The van der Waals surface area contributed by atoms with E-state index in [2.05, 4.69) is 15.6 Å². The number of carbonyl (C=O) groups excluding carboxylic acids is 2. The summed E-state index contributed by atoms with van der Waals surface area (Å²) in [7, 11) is -3.97. The van der Waals surface area contributed by atoms with Crippen LogP contribution < -0.4 is 9.62 Å². The molecule has 0 aliphatic carbocycles. The van der Waals surface area contributed by atoms with E-state index in [1.54, 1.807) is 31.7 Å². The van der Waals surface area contributed by atoms with Crippen molar-refractivity contribution in [2.24, 2.45) is 5.92 Å². The molecule has 2 aromatic heterocycles. The van der Waals surface area contributed by atoms with E-state index < -0.39 is 27.8 Å². The minimum absolute atomic E-state index is 0.0298. The SMILES string of the molecule is C#Cc1cc(C(=O)OC(C)C)c(C)nc1N1CC(C(=O)NS(=O)(=O)c2ccc(Cl)s2)C1. The highest BCUT2D eigenvalue weighted by atomic mass is 35.5. The summed E-state index contributed by atoms with van der Waals surface area (Å²) in [5.41, 5.74) is 1.12. The Morgan fingerprint density at radius 1 is 1.39 bits per heavy atom. The molecule has 0 spiro atoms. The molecule has 3 heterocycles. The zero-order chi connectivity index (χ0) is 22.9. The minimum Gasteiger partial charge on any atom is -0.459 e. The molecule has 1 amide bonds. The van der Waals surface area contributed by atoms with Crippen LogP contribution in [0.1, 0.15) is 35.5 Å². The van der Waals surface area contributed by atoms with Gasteiger partial charge in [-0.2, -0.15) is 0 Å². The summed E-state index contributed by atoms with van der Waals surface area (Å²) >= 11 is 6.64. The van der Waals surface area contributed by atoms with Crippen LogP contribution in [0.3, 0.4) is 0 Å².